The van der Waals surface area contributed by atoms with Crippen LogP contribution in [0.15, 0.2) is 29.3 Å². The van der Waals surface area contributed by atoms with Crippen LogP contribution in [0.3, 0.4) is 0 Å². The Labute approximate surface area is 160 Å². The molecule has 1 aliphatic carbocycles. The lowest BCUT2D eigenvalue weighted by Gasteiger charge is -2.56. The van der Waals surface area contributed by atoms with Crippen molar-refractivity contribution in [3.63, 3.8) is 0 Å². The first-order valence-electron chi connectivity index (χ1n) is 9.79. The molecule has 3 saturated heterocycles. The first kappa shape index (κ1) is 16.1. The average molecular weight is 379 g/mol. The number of aromatic amines is 1. The normalized spacial score (nSPS) is 24.5. The summed E-state index contributed by atoms with van der Waals surface area (Å²) >= 11 is 0. The number of aromatic nitrogens is 5. The Morgan fingerprint density at radius 1 is 1.21 bits per heavy atom. The fourth-order valence-corrected chi connectivity index (χ4v) is 4.80. The van der Waals surface area contributed by atoms with Crippen molar-refractivity contribution in [1.82, 2.24) is 34.2 Å². The number of nitrogens with zero attached hydrogens (tertiary/aromatic N) is 6. The van der Waals surface area contributed by atoms with Gasteiger partial charge in [-0.05, 0) is 38.3 Å². The lowest BCUT2D eigenvalue weighted by Crippen LogP contribution is -2.69. The quantitative estimate of drug-likeness (QED) is 0.719. The van der Waals surface area contributed by atoms with Crippen molar-refractivity contribution in [2.75, 3.05) is 13.1 Å². The van der Waals surface area contributed by atoms with Gasteiger partial charge < -0.3 is 4.90 Å². The summed E-state index contributed by atoms with van der Waals surface area (Å²) in [6.07, 6.45) is 7.12. The van der Waals surface area contributed by atoms with E-state index in [-0.39, 0.29) is 11.5 Å². The number of piperidine rings is 1. The molecule has 4 fully saturated rings. The van der Waals surface area contributed by atoms with Crippen molar-refractivity contribution >= 4 is 11.4 Å². The minimum atomic E-state index is -0.242. The standard InChI is InChI=1S/C19H21N7O2/c1-11-15(18(28)23-9-13-7-14(10-23)25(13)12-4-5-12)8-20-26(11)19-21-17(27)16-3-2-6-24(16)22-19/h2-3,6,8,12-14H,4-5,7,9-10H2,1H3,(H,21,22,27). The molecule has 6 heterocycles. The van der Waals surface area contributed by atoms with Crippen LogP contribution in [0, 0.1) is 6.92 Å². The minimum absolute atomic E-state index is 0.0123. The van der Waals surface area contributed by atoms with Gasteiger partial charge in [-0.1, -0.05) is 0 Å². The van der Waals surface area contributed by atoms with Crippen LogP contribution in [0.1, 0.15) is 35.3 Å². The van der Waals surface area contributed by atoms with Crippen LogP contribution in [0.2, 0.25) is 0 Å². The topological polar surface area (TPSA) is 91.5 Å². The van der Waals surface area contributed by atoms with E-state index in [4.69, 9.17) is 0 Å². The first-order chi connectivity index (χ1) is 13.6. The molecule has 2 atom stereocenters. The molecule has 2 bridgehead atoms. The number of amides is 1. The zero-order chi connectivity index (χ0) is 19.0. The fourth-order valence-electron chi connectivity index (χ4n) is 4.80. The molecule has 0 radical (unpaired) electrons. The molecule has 3 aliphatic heterocycles. The number of carbonyl (C=O) groups is 1. The molecular formula is C19H21N7O2. The maximum atomic E-state index is 13.1. The van der Waals surface area contributed by atoms with Crippen LogP contribution in [-0.2, 0) is 0 Å². The van der Waals surface area contributed by atoms with Crippen LogP contribution in [-0.4, -0.2) is 71.3 Å². The third-order valence-corrected chi connectivity index (χ3v) is 6.33. The molecule has 7 rings (SSSR count). The van der Waals surface area contributed by atoms with Crippen molar-refractivity contribution in [2.24, 2.45) is 0 Å². The van der Waals surface area contributed by atoms with E-state index in [2.05, 4.69) is 20.1 Å². The Balaban J connectivity index is 1.28. The Morgan fingerprint density at radius 3 is 2.75 bits per heavy atom. The van der Waals surface area contributed by atoms with Gasteiger partial charge in [0.05, 0.1) is 17.5 Å². The average Bonchev–Trinajstić information content (AvgIpc) is 3.23. The van der Waals surface area contributed by atoms with E-state index >= 15 is 0 Å². The van der Waals surface area contributed by atoms with E-state index in [1.165, 1.54) is 28.5 Å². The van der Waals surface area contributed by atoms with Crippen molar-refractivity contribution < 1.29 is 4.79 Å². The Morgan fingerprint density at radius 2 is 2.00 bits per heavy atom. The largest absolute Gasteiger partial charge is 0.335 e. The van der Waals surface area contributed by atoms with Crippen molar-refractivity contribution in [1.29, 1.82) is 0 Å². The summed E-state index contributed by atoms with van der Waals surface area (Å²) in [5.41, 5.74) is 1.47. The molecule has 9 nitrogen and oxygen atoms in total. The zero-order valence-electron chi connectivity index (χ0n) is 15.6. The number of nitrogens with one attached hydrogen (secondary N) is 1. The summed E-state index contributed by atoms with van der Waals surface area (Å²) in [6.45, 7) is 3.42. The predicted octanol–water partition coefficient (Wildman–Crippen LogP) is 0.578. The Kier molecular flexibility index (Phi) is 3.18. The summed E-state index contributed by atoms with van der Waals surface area (Å²) in [6, 6.07) is 5.25. The van der Waals surface area contributed by atoms with Crippen LogP contribution in [0.4, 0.5) is 0 Å². The van der Waals surface area contributed by atoms with Gasteiger partial charge in [0, 0.05) is 37.4 Å². The smallest absolute Gasteiger partial charge is 0.276 e. The van der Waals surface area contributed by atoms with E-state index < -0.39 is 0 Å². The molecule has 0 spiro atoms. The molecule has 1 N–H and O–H groups in total. The molecule has 3 aromatic rings. The summed E-state index contributed by atoms with van der Waals surface area (Å²) < 4.78 is 3.04. The highest BCUT2D eigenvalue weighted by atomic mass is 16.2. The van der Waals surface area contributed by atoms with Gasteiger partial charge in [-0.3, -0.25) is 19.5 Å². The maximum absolute atomic E-state index is 13.1. The lowest BCUT2D eigenvalue weighted by molar-refractivity contribution is -0.0645. The van der Waals surface area contributed by atoms with Crippen molar-refractivity contribution in [3.05, 3.63) is 46.1 Å². The van der Waals surface area contributed by atoms with Gasteiger partial charge in [0.2, 0.25) is 5.95 Å². The molecule has 3 aromatic heterocycles. The van der Waals surface area contributed by atoms with Crippen molar-refractivity contribution in [2.45, 2.75) is 44.3 Å². The minimum Gasteiger partial charge on any atom is -0.335 e. The molecule has 28 heavy (non-hydrogen) atoms. The van der Waals surface area contributed by atoms with Gasteiger partial charge in [0.15, 0.2) is 0 Å². The third-order valence-electron chi connectivity index (χ3n) is 6.33. The van der Waals surface area contributed by atoms with Gasteiger partial charge in [-0.15, -0.1) is 5.10 Å². The SMILES string of the molecule is Cc1c(C(=O)N2CC3CC(C2)N3C2CC2)cnn1-c1nn2cccc2c(=O)[nH]1. The molecule has 0 aromatic carbocycles. The Bertz CT molecular complexity index is 1140. The second-order valence-corrected chi connectivity index (χ2v) is 8.10. The molecule has 9 heteroatoms. The summed E-state index contributed by atoms with van der Waals surface area (Å²) in [7, 11) is 0. The van der Waals surface area contributed by atoms with E-state index in [0.717, 1.165) is 19.1 Å². The third kappa shape index (κ3) is 2.22. The van der Waals surface area contributed by atoms with Gasteiger partial charge in [0.25, 0.3) is 11.5 Å². The highest BCUT2D eigenvalue weighted by molar-refractivity contribution is 5.95. The van der Waals surface area contributed by atoms with Crippen LogP contribution in [0.25, 0.3) is 11.5 Å². The highest BCUT2D eigenvalue weighted by Gasteiger charge is 2.51. The van der Waals surface area contributed by atoms with E-state index in [1.807, 2.05) is 11.8 Å². The number of hydrogen-bond donors (Lipinski definition) is 1. The molecular weight excluding hydrogens is 358 g/mol. The second-order valence-electron chi connectivity index (χ2n) is 8.10. The van der Waals surface area contributed by atoms with Crippen LogP contribution >= 0.6 is 0 Å². The van der Waals surface area contributed by atoms with E-state index in [0.29, 0.717) is 34.8 Å². The van der Waals surface area contributed by atoms with Gasteiger partial charge in [-0.2, -0.15) is 5.10 Å². The monoisotopic (exact) mass is 379 g/mol. The number of hydrogen-bond acceptors (Lipinski definition) is 5. The second kappa shape index (κ2) is 5.54. The van der Waals surface area contributed by atoms with E-state index in [1.54, 1.807) is 24.5 Å². The fraction of sp³-hybridized carbons (Fsp3) is 0.474. The predicted molar refractivity (Wildman–Crippen MR) is 101 cm³/mol. The lowest BCUT2D eigenvalue weighted by atomic mass is 9.87. The molecule has 2 unspecified atom stereocenters. The number of piperazine rings is 1. The van der Waals surface area contributed by atoms with E-state index in [9.17, 15) is 9.59 Å². The molecule has 4 aliphatic rings. The van der Waals surface area contributed by atoms with Crippen LogP contribution in [0.5, 0.6) is 0 Å². The molecule has 144 valence electrons. The molecule has 1 amide bonds. The highest BCUT2D eigenvalue weighted by Crippen LogP contribution is 2.42. The number of rotatable bonds is 3. The first-order valence-corrected chi connectivity index (χ1v) is 9.79. The summed E-state index contributed by atoms with van der Waals surface area (Å²) in [4.78, 5) is 32.7. The maximum Gasteiger partial charge on any atom is 0.276 e. The number of carbonyl (C=O) groups excluding carboxylic acids is 1. The number of fused-ring (bicyclic) bond motifs is 3. The van der Waals surface area contributed by atoms with Gasteiger partial charge >= 0.3 is 0 Å². The summed E-state index contributed by atoms with van der Waals surface area (Å²) in [5.74, 6) is 0.310. The van der Waals surface area contributed by atoms with Crippen molar-refractivity contribution in [3.8, 4) is 5.95 Å². The number of H-pyrrole nitrogens is 1. The van der Waals surface area contributed by atoms with Gasteiger partial charge in [-0.25, -0.2) is 9.20 Å². The van der Waals surface area contributed by atoms with Crippen LogP contribution < -0.4 is 5.56 Å². The zero-order valence-corrected chi connectivity index (χ0v) is 15.6. The summed E-state index contributed by atoms with van der Waals surface area (Å²) in [5, 5.41) is 8.73. The Hall–Kier alpha value is -2.94. The van der Waals surface area contributed by atoms with Gasteiger partial charge in [0.1, 0.15) is 5.52 Å². The molecule has 1 saturated carbocycles.